The molecule has 0 atom stereocenters. The molecule has 0 radical (unpaired) electrons. The molecule has 0 saturated heterocycles. The largest absolute Gasteiger partial charge is 0.366 e. The molecule has 0 saturated carbocycles. The number of allylic oxidation sites excluding steroid dienone is 3. The molecule has 0 spiro atoms. The average Bonchev–Trinajstić information content (AvgIpc) is 2.18. The number of benzene rings is 1. The second kappa shape index (κ2) is 3.92. The maximum Gasteiger partial charge on any atom is 0.248 e. The molecule has 0 fully saturated rings. The molecule has 2 rings (SSSR count). The number of amides is 1. The highest BCUT2D eigenvalue weighted by Gasteiger charge is 2.04. The van der Waals surface area contributed by atoms with Crippen LogP contribution in [0.3, 0.4) is 0 Å². The van der Waals surface area contributed by atoms with Gasteiger partial charge in [-0.15, -0.1) is 0 Å². The number of primary amides is 1. The van der Waals surface area contributed by atoms with Gasteiger partial charge in [-0.1, -0.05) is 18.2 Å². The summed E-state index contributed by atoms with van der Waals surface area (Å²) in [4.78, 5) is 15.2. The predicted octanol–water partition coefficient (Wildman–Crippen LogP) is 2.07. The fourth-order valence-electron chi connectivity index (χ4n) is 1.36. The Hall–Kier alpha value is -2.16. The van der Waals surface area contributed by atoms with Crippen LogP contribution in [0, 0.1) is 0 Å². The summed E-state index contributed by atoms with van der Waals surface area (Å²) < 4.78 is 0. The molecule has 1 aromatic carbocycles. The van der Waals surface area contributed by atoms with Crippen LogP contribution in [-0.2, 0) is 0 Å². The Kier molecular flexibility index (Phi) is 2.46. The molecule has 0 aliphatic carbocycles. The van der Waals surface area contributed by atoms with Crippen molar-refractivity contribution < 1.29 is 4.79 Å². The van der Waals surface area contributed by atoms with Gasteiger partial charge in [0, 0.05) is 17.3 Å². The van der Waals surface area contributed by atoms with Gasteiger partial charge in [0.15, 0.2) is 0 Å². The minimum Gasteiger partial charge on any atom is -0.366 e. The molecule has 2 N–H and O–H groups in total. The molecule has 0 bridgehead atoms. The van der Waals surface area contributed by atoms with Crippen molar-refractivity contribution in [1.82, 2.24) is 0 Å². The van der Waals surface area contributed by atoms with Crippen molar-refractivity contribution in [3.63, 3.8) is 0 Å². The Morgan fingerprint density at radius 1 is 1.20 bits per heavy atom. The number of aliphatic imine (C=N–C) groups is 1. The minimum atomic E-state index is -0.423. The van der Waals surface area contributed by atoms with E-state index in [0.29, 0.717) is 5.56 Å². The summed E-state index contributed by atoms with van der Waals surface area (Å²) in [6.45, 7) is 0. The molecule has 1 aliphatic heterocycles. The van der Waals surface area contributed by atoms with Crippen molar-refractivity contribution in [2.75, 3.05) is 0 Å². The number of hydrogen-bond acceptors (Lipinski definition) is 2. The van der Waals surface area contributed by atoms with Gasteiger partial charge < -0.3 is 5.73 Å². The Balaban J connectivity index is 2.53. The van der Waals surface area contributed by atoms with E-state index in [4.69, 9.17) is 5.73 Å². The van der Waals surface area contributed by atoms with Crippen LogP contribution in [0.15, 0.2) is 41.4 Å². The van der Waals surface area contributed by atoms with Crippen LogP contribution in [-0.4, -0.2) is 12.1 Å². The number of fused-ring (bicyclic) bond motifs is 1. The van der Waals surface area contributed by atoms with Gasteiger partial charge in [-0.25, -0.2) is 0 Å². The fourth-order valence-corrected chi connectivity index (χ4v) is 1.36. The van der Waals surface area contributed by atoms with E-state index in [1.807, 2.05) is 24.3 Å². The molecular weight excluding hydrogens is 188 g/mol. The molecule has 74 valence electrons. The highest BCUT2D eigenvalue weighted by atomic mass is 16.1. The first-order chi connectivity index (χ1) is 7.27. The monoisotopic (exact) mass is 198 g/mol. The Morgan fingerprint density at radius 3 is 2.87 bits per heavy atom. The zero-order valence-corrected chi connectivity index (χ0v) is 8.05. The van der Waals surface area contributed by atoms with E-state index < -0.39 is 5.91 Å². The second-order valence-corrected chi connectivity index (χ2v) is 3.16. The third-order valence-electron chi connectivity index (χ3n) is 2.11. The number of rotatable bonds is 1. The first-order valence-electron chi connectivity index (χ1n) is 4.58. The third kappa shape index (κ3) is 2.02. The van der Waals surface area contributed by atoms with E-state index in [0.717, 1.165) is 11.3 Å². The SMILES string of the molecule is NC(=O)c1ccc2c(c1)/C=C\C=C/C=N2. The Morgan fingerprint density at radius 2 is 2.07 bits per heavy atom. The number of nitrogens with two attached hydrogens (primary N) is 1. The fraction of sp³-hybridized carbons (Fsp3) is 0. The van der Waals surface area contributed by atoms with E-state index in [-0.39, 0.29) is 0 Å². The van der Waals surface area contributed by atoms with Crippen molar-refractivity contribution in [2.45, 2.75) is 0 Å². The van der Waals surface area contributed by atoms with Crippen LogP contribution in [0.1, 0.15) is 15.9 Å². The lowest BCUT2D eigenvalue weighted by atomic mass is 10.1. The number of carbonyl (C=O) groups is 1. The molecule has 1 heterocycles. The van der Waals surface area contributed by atoms with Crippen molar-refractivity contribution in [2.24, 2.45) is 10.7 Å². The summed E-state index contributed by atoms with van der Waals surface area (Å²) in [5.74, 6) is -0.423. The standard InChI is InChI=1S/C12H10N2O/c13-12(15)10-5-6-11-9(8-10)4-2-1-3-7-14-11/h1-8H,(H2,13,15)/b2-1?,3-1-,4-2-,7-3?,9-4?,14-7?,14-11?. The van der Waals surface area contributed by atoms with Crippen LogP contribution in [0.2, 0.25) is 0 Å². The number of hydrogen-bond donors (Lipinski definition) is 1. The highest BCUT2D eigenvalue weighted by Crippen LogP contribution is 2.22. The topological polar surface area (TPSA) is 55.5 Å². The maximum absolute atomic E-state index is 11.0. The Labute approximate surface area is 87.6 Å². The van der Waals surface area contributed by atoms with E-state index in [9.17, 15) is 4.79 Å². The Bertz CT molecular complexity index is 484. The van der Waals surface area contributed by atoms with Crippen molar-refractivity contribution in [1.29, 1.82) is 0 Å². The maximum atomic E-state index is 11.0. The minimum absolute atomic E-state index is 0.423. The summed E-state index contributed by atoms with van der Waals surface area (Å²) in [7, 11) is 0. The molecule has 3 heteroatoms. The second-order valence-electron chi connectivity index (χ2n) is 3.16. The summed E-state index contributed by atoms with van der Waals surface area (Å²) >= 11 is 0. The van der Waals surface area contributed by atoms with Crippen molar-refractivity contribution in [3.05, 3.63) is 47.6 Å². The summed E-state index contributed by atoms with van der Waals surface area (Å²) in [6, 6.07) is 5.21. The predicted molar refractivity (Wildman–Crippen MR) is 61.3 cm³/mol. The number of nitrogens with zero attached hydrogens (tertiary/aromatic N) is 1. The molecule has 1 aliphatic rings. The van der Waals surface area contributed by atoms with Crippen LogP contribution >= 0.6 is 0 Å². The summed E-state index contributed by atoms with van der Waals surface area (Å²) in [6.07, 6.45) is 9.24. The van der Waals surface area contributed by atoms with Gasteiger partial charge >= 0.3 is 0 Å². The molecule has 1 amide bonds. The first kappa shape index (κ1) is 9.40. The quantitative estimate of drug-likeness (QED) is 0.737. The van der Waals surface area contributed by atoms with Crippen LogP contribution in [0.4, 0.5) is 5.69 Å². The lowest BCUT2D eigenvalue weighted by molar-refractivity contribution is 0.100. The molecule has 15 heavy (non-hydrogen) atoms. The number of carbonyl (C=O) groups excluding carboxylic acids is 1. The van der Waals surface area contributed by atoms with Crippen LogP contribution in [0.25, 0.3) is 6.08 Å². The van der Waals surface area contributed by atoms with E-state index in [1.54, 1.807) is 24.4 Å². The zero-order valence-electron chi connectivity index (χ0n) is 8.05. The van der Waals surface area contributed by atoms with Gasteiger partial charge in [-0.3, -0.25) is 9.79 Å². The van der Waals surface area contributed by atoms with Gasteiger partial charge in [-0.2, -0.15) is 0 Å². The normalized spacial score (nSPS) is 17.3. The molecule has 0 aromatic heterocycles. The smallest absolute Gasteiger partial charge is 0.248 e. The summed E-state index contributed by atoms with van der Waals surface area (Å²) in [5.41, 5.74) is 7.43. The molecule has 3 nitrogen and oxygen atoms in total. The molecule has 0 unspecified atom stereocenters. The van der Waals surface area contributed by atoms with Crippen LogP contribution < -0.4 is 5.73 Å². The van der Waals surface area contributed by atoms with Gasteiger partial charge in [0.25, 0.3) is 0 Å². The van der Waals surface area contributed by atoms with Gasteiger partial charge in [0.2, 0.25) is 5.91 Å². The third-order valence-corrected chi connectivity index (χ3v) is 2.11. The molecular formula is C12H10N2O. The van der Waals surface area contributed by atoms with Gasteiger partial charge in [-0.05, 0) is 24.3 Å². The average molecular weight is 198 g/mol. The summed E-state index contributed by atoms with van der Waals surface area (Å²) in [5, 5.41) is 0. The lowest BCUT2D eigenvalue weighted by Gasteiger charge is -2.03. The van der Waals surface area contributed by atoms with Gasteiger partial charge in [0.05, 0.1) is 5.69 Å². The van der Waals surface area contributed by atoms with Crippen LogP contribution in [0.5, 0.6) is 0 Å². The first-order valence-corrected chi connectivity index (χ1v) is 4.58. The highest BCUT2D eigenvalue weighted by molar-refractivity contribution is 5.94. The van der Waals surface area contributed by atoms with E-state index in [1.165, 1.54) is 0 Å². The molecule has 1 aromatic rings. The lowest BCUT2D eigenvalue weighted by Crippen LogP contribution is -2.10. The van der Waals surface area contributed by atoms with E-state index in [2.05, 4.69) is 4.99 Å². The zero-order chi connectivity index (χ0) is 10.7. The van der Waals surface area contributed by atoms with E-state index >= 15 is 0 Å². The van der Waals surface area contributed by atoms with Crippen molar-refractivity contribution in [3.8, 4) is 0 Å². The van der Waals surface area contributed by atoms with Gasteiger partial charge in [0.1, 0.15) is 0 Å². The van der Waals surface area contributed by atoms with Crippen molar-refractivity contribution >= 4 is 23.9 Å².